The van der Waals surface area contributed by atoms with Gasteiger partial charge in [0.05, 0.1) is 12.6 Å². The van der Waals surface area contributed by atoms with Gasteiger partial charge in [-0.15, -0.1) is 11.3 Å². The Morgan fingerprint density at radius 3 is 2.70 bits per heavy atom. The van der Waals surface area contributed by atoms with Gasteiger partial charge in [-0.05, 0) is 36.1 Å². The van der Waals surface area contributed by atoms with Crippen LogP contribution in [0.1, 0.15) is 5.56 Å². The second-order valence-corrected chi connectivity index (χ2v) is 5.91. The first-order valence-electron chi connectivity index (χ1n) is 5.86. The molecule has 0 saturated heterocycles. The van der Waals surface area contributed by atoms with Gasteiger partial charge in [-0.2, -0.15) is 0 Å². The fraction of sp³-hybridized carbons (Fsp3) is 0.143. The number of hydrogen-bond acceptors (Lipinski definition) is 4. The van der Waals surface area contributed by atoms with Crippen LogP contribution < -0.4 is 4.74 Å². The molecule has 0 spiro atoms. The van der Waals surface area contributed by atoms with E-state index in [1.165, 1.54) is 11.3 Å². The van der Waals surface area contributed by atoms with Crippen molar-refractivity contribution in [2.75, 3.05) is 7.11 Å². The first-order chi connectivity index (χ1) is 9.61. The fourth-order valence-corrected chi connectivity index (χ4v) is 3.17. The summed E-state index contributed by atoms with van der Waals surface area (Å²) in [5.41, 5.74) is 1.66. The molecule has 0 fully saturated rings. The molecule has 3 rings (SSSR count). The molecule has 3 nitrogen and oxygen atoms in total. The van der Waals surface area contributed by atoms with Gasteiger partial charge in [0.2, 0.25) is 0 Å². The van der Waals surface area contributed by atoms with Crippen LogP contribution >= 0.6 is 34.5 Å². The first-order valence-corrected chi connectivity index (χ1v) is 7.49. The van der Waals surface area contributed by atoms with E-state index in [9.17, 15) is 0 Å². The fourth-order valence-electron chi connectivity index (χ4n) is 1.99. The summed E-state index contributed by atoms with van der Waals surface area (Å²) in [5.74, 6) is 1.30. The number of rotatable bonds is 2. The molecule has 0 aliphatic heterocycles. The summed E-state index contributed by atoms with van der Waals surface area (Å²) < 4.78 is 5.31. The average molecular weight is 325 g/mol. The van der Waals surface area contributed by atoms with Gasteiger partial charge in [0.15, 0.2) is 5.82 Å². The monoisotopic (exact) mass is 324 g/mol. The highest BCUT2D eigenvalue weighted by Gasteiger charge is 2.15. The van der Waals surface area contributed by atoms with Crippen molar-refractivity contribution in [3.05, 3.63) is 39.3 Å². The van der Waals surface area contributed by atoms with E-state index < -0.39 is 0 Å². The van der Waals surface area contributed by atoms with Gasteiger partial charge in [-0.1, -0.05) is 23.2 Å². The third-order valence-corrected chi connectivity index (χ3v) is 4.65. The summed E-state index contributed by atoms with van der Waals surface area (Å²) in [6.45, 7) is 1.92. The second kappa shape index (κ2) is 5.20. The number of nitrogens with zero attached hydrogens (tertiary/aromatic N) is 2. The molecule has 2 heterocycles. The van der Waals surface area contributed by atoms with Gasteiger partial charge in [0, 0.05) is 10.4 Å². The zero-order valence-electron chi connectivity index (χ0n) is 10.8. The average Bonchev–Trinajstić information content (AvgIpc) is 2.91. The highest BCUT2D eigenvalue weighted by molar-refractivity contribution is 7.13. The smallest absolute Gasteiger partial charge is 0.175 e. The van der Waals surface area contributed by atoms with Gasteiger partial charge in [0.25, 0.3) is 0 Å². The second-order valence-electron chi connectivity index (χ2n) is 4.22. The molecule has 102 valence electrons. The predicted molar refractivity (Wildman–Crippen MR) is 84.2 cm³/mol. The quantitative estimate of drug-likeness (QED) is 0.623. The maximum absolute atomic E-state index is 6.27. The molecule has 0 aliphatic carbocycles. The molecular weight excluding hydrogens is 315 g/mol. The minimum Gasteiger partial charge on any atom is -0.495 e. The van der Waals surface area contributed by atoms with E-state index in [4.69, 9.17) is 27.9 Å². The normalized spacial score (nSPS) is 11.0. The lowest BCUT2D eigenvalue weighted by Gasteiger charge is -2.08. The van der Waals surface area contributed by atoms with E-state index in [-0.39, 0.29) is 0 Å². The van der Waals surface area contributed by atoms with Crippen LogP contribution in [0.15, 0.2) is 23.6 Å². The molecule has 0 radical (unpaired) electrons. The number of hydrogen-bond donors (Lipinski definition) is 0. The lowest BCUT2D eigenvalue weighted by Crippen LogP contribution is -1.94. The van der Waals surface area contributed by atoms with Gasteiger partial charge in [0.1, 0.15) is 15.8 Å². The van der Waals surface area contributed by atoms with Crippen LogP contribution in [0.2, 0.25) is 10.2 Å². The molecule has 0 unspecified atom stereocenters. The Hall–Kier alpha value is -1.36. The lowest BCUT2D eigenvalue weighted by molar-refractivity contribution is 0.418. The van der Waals surface area contributed by atoms with Crippen molar-refractivity contribution in [1.82, 2.24) is 9.97 Å². The van der Waals surface area contributed by atoms with Crippen molar-refractivity contribution >= 4 is 45.4 Å². The molecule has 0 amide bonds. The third-order valence-electron chi connectivity index (χ3n) is 3.06. The number of aryl methyl sites for hydroxylation is 1. The molecule has 6 heteroatoms. The summed E-state index contributed by atoms with van der Waals surface area (Å²) in [5, 5.41) is 3.81. The Bertz CT molecular complexity index is 801. The molecule has 0 bridgehead atoms. The Kier molecular flexibility index (Phi) is 3.54. The van der Waals surface area contributed by atoms with E-state index in [0.29, 0.717) is 16.0 Å². The van der Waals surface area contributed by atoms with E-state index >= 15 is 0 Å². The zero-order valence-corrected chi connectivity index (χ0v) is 13.1. The molecule has 1 aromatic carbocycles. The van der Waals surface area contributed by atoms with Crippen molar-refractivity contribution < 1.29 is 4.74 Å². The molecule has 2 aromatic heterocycles. The molecule has 0 N–H and O–H groups in total. The van der Waals surface area contributed by atoms with Gasteiger partial charge >= 0.3 is 0 Å². The van der Waals surface area contributed by atoms with Crippen LogP contribution in [-0.4, -0.2) is 17.1 Å². The van der Waals surface area contributed by atoms with Crippen LogP contribution in [0.4, 0.5) is 0 Å². The predicted octanol–water partition coefficient (Wildman–Crippen LogP) is 4.98. The zero-order chi connectivity index (χ0) is 14.3. The summed E-state index contributed by atoms with van der Waals surface area (Å²) in [6, 6.07) is 5.52. The van der Waals surface area contributed by atoms with E-state index in [2.05, 4.69) is 9.97 Å². The van der Waals surface area contributed by atoms with E-state index in [1.54, 1.807) is 13.2 Å². The Morgan fingerprint density at radius 2 is 1.95 bits per heavy atom. The Balaban J connectivity index is 2.31. The van der Waals surface area contributed by atoms with Gasteiger partial charge in [-0.3, -0.25) is 0 Å². The summed E-state index contributed by atoms with van der Waals surface area (Å²) in [7, 11) is 1.62. The van der Waals surface area contributed by atoms with Gasteiger partial charge < -0.3 is 4.74 Å². The van der Waals surface area contributed by atoms with Crippen LogP contribution in [-0.2, 0) is 0 Å². The van der Waals surface area contributed by atoms with Crippen LogP contribution in [0.3, 0.4) is 0 Å². The first kappa shape index (κ1) is 13.6. The number of thiophene rings is 1. The number of halogens is 2. The van der Waals surface area contributed by atoms with Gasteiger partial charge in [-0.25, -0.2) is 9.97 Å². The maximum Gasteiger partial charge on any atom is 0.175 e. The number of fused-ring (bicyclic) bond motifs is 1. The van der Waals surface area contributed by atoms with Crippen LogP contribution in [0.5, 0.6) is 5.75 Å². The van der Waals surface area contributed by atoms with Crippen LogP contribution in [0, 0.1) is 6.92 Å². The lowest BCUT2D eigenvalue weighted by atomic mass is 10.1. The SMILES string of the molecule is COc1ccsc1-c1nc(Cl)c2ccc(Cl)c(C)c2n1. The number of aromatic nitrogens is 2. The standard InChI is InChI=1S/C14H10Cl2N2OS/c1-7-9(15)4-3-8-11(7)17-14(18-13(8)16)12-10(19-2)5-6-20-12/h3-6H,1-2H3. The largest absolute Gasteiger partial charge is 0.495 e. The number of ether oxygens (including phenoxy) is 1. The summed E-state index contributed by atoms with van der Waals surface area (Å²) in [4.78, 5) is 9.82. The van der Waals surface area contributed by atoms with E-state index in [0.717, 1.165) is 27.1 Å². The maximum atomic E-state index is 6.27. The van der Waals surface area contributed by atoms with E-state index in [1.807, 2.05) is 24.4 Å². The Morgan fingerprint density at radius 1 is 1.15 bits per heavy atom. The highest BCUT2D eigenvalue weighted by Crippen LogP contribution is 2.36. The Labute approximate surface area is 130 Å². The van der Waals surface area contributed by atoms with Crippen molar-refractivity contribution in [3.8, 4) is 16.5 Å². The molecule has 0 aliphatic rings. The molecule has 0 saturated carbocycles. The molecule has 0 atom stereocenters. The molecule has 20 heavy (non-hydrogen) atoms. The van der Waals surface area contributed by atoms with Crippen LogP contribution in [0.25, 0.3) is 21.6 Å². The summed E-state index contributed by atoms with van der Waals surface area (Å²) >= 11 is 13.9. The minimum atomic E-state index is 0.417. The van der Waals surface area contributed by atoms with Crippen molar-refractivity contribution in [2.45, 2.75) is 6.92 Å². The minimum absolute atomic E-state index is 0.417. The number of methoxy groups -OCH3 is 1. The third kappa shape index (κ3) is 2.14. The van der Waals surface area contributed by atoms with Crippen molar-refractivity contribution in [3.63, 3.8) is 0 Å². The topological polar surface area (TPSA) is 35.0 Å². The molecular formula is C14H10Cl2N2OS. The summed E-state index contributed by atoms with van der Waals surface area (Å²) in [6.07, 6.45) is 0. The van der Waals surface area contributed by atoms with Crippen molar-refractivity contribution in [2.24, 2.45) is 0 Å². The highest BCUT2D eigenvalue weighted by atomic mass is 35.5. The molecule has 3 aromatic rings. The van der Waals surface area contributed by atoms with Crippen molar-refractivity contribution in [1.29, 1.82) is 0 Å². The number of benzene rings is 1.